The SMILES string of the molecule is CC(=O)CN1CCC(C)c2ccccc21. The van der Waals surface area contributed by atoms with Gasteiger partial charge in [-0.05, 0) is 30.9 Å². The zero-order chi connectivity index (χ0) is 10.8. The summed E-state index contributed by atoms with van der Waals surface area (Å²) in [4.78, 5) is 13.4. The second-order valence-electron chi connectivity index (χ2n) is 4.37. The van der Waals surface area contributed by atoms with E-state index < -0.39 is 0 Å². The number of fused-ring (bicyclic) bond motifs is 1. The maximum atomic E-state index is 11.2. The molecule has 0 fully saturated rings. The van der Waals surface area contributed by atoms with E-state index in [1.165, 1.54) is 11.3 Å². The number of benzene rings is 1. The van der Waals surface area contributed by atoms with Gasteiger partial charge in [0.1, 0.15) is 5.78 Å². The molecule has 2 nitrogen and oxygen atoms in total. The molecule has 1 aliphatic rings. The van der Waals surface area contributed by atoms with Crippen LogP contribution in [0.25, 0.3) is 0 Å². The zero-order valence-electron chi connectivity index (χ0n) is 9.36. The molecule has 0 aromatic heterocycles. The zero-order valence-corrected chi connectivity index (χ0v) is 9.36. The Balaban J connectivity index is 2.31. The normalized spacial score (nSPS) is 19.9. The molecule has 1 aromatic carbocycles. The van der Waals surface area contributed by atoms with Crippen molar-refractivity contribution in [3.05, 3.63) is 29.8 Å². The molecule has 0 saturated carbocycles. The van der Waals surface area contributed by atoms with Gasteiger partial charge >= 0.3 is 0 Å². The van der Waals surface area contributed by atoms with Gasteiger partial charge in [-0.25, -0.2) is 0 Å². The minimum absolute atomic E-state index is 0.236. The van der Waals surface area contributed by atoms with Crippen LogP contribution in [0.2, 0.25) is 0 Å². The Kier molecular flexibility index (Phi) is 2.76. The number of nitrogens with zero attached hydrogens (tertiary/aromatic N) is 1. The second kappa shape index (κ2) is 4.05. The van der Waals surface area contributed by atoms with Gasteiger partial charge in [-0.3, -0.25) is 4.79 Å². The van der Waals surface area contributed by atoms with Gasteiger partial charge in [-0.15, -0.1) is 0 Å². The molecule has 1 unspecified atom stereocenters. The van der Waals surface area contributed by atoms with Crippen LogP contribution in [0.15, 0.2) is 24.3 Å². The lowest BCUT2D eigenvalue weighted by Crippen LogP contribution is -2.34. The highest BCUT2D eigenvalue weighted by atomic mass is 16.1. The van der Waals surface area contributed by atoms with Crippen LogP contribution in [0.4, 0.5) is 5.69 Å². The van der Waals surface area contributed by atoms with Gasteiger partial charge in [0, 0.05) is 12.2 Å². The van der Waals surface area contributed by atoms with Gasteiger partial charge in [-0.2, -0.15) is 0 Å². The van der Waals surface area contributed by atoms with Gasteiger partial charge in [0.25, 0.3) is 0 Å². The number of carbonyl (C=O) groups excluding carboxylic acids is 1. The second-order valence-corrected chi connectivity index (χ2v) is 4.37. The third kappa shape index (κ3) is 2.04. The first-order valence-electron chi connectivity index (χ1n) is 5.52. The number of carbonyl (C=O) groups is 1. The first-order chi connectivity index (χ1) is 7.18. The summed E-state index contributed by atoms with van der Waals surface area (Å²) in [6.45, 7) is 5.45. The van der Waals surface area contributed by atoms with Gasteiger partial charge < -0.3 is 4.90 Å². The molecule has 2 rings (SSSR count). The number of hydrogen-bond donors (Lipinski definition) is 0. The highest BCUT2D eigenvalue weighted by molar-refractivity contribution is 5.81. The molecule has 0 N–H and O–H groups in total. The minimum Gasteiger partial charge on any atom is -0.364 e. The predicted molar refractivity (Wildman–Crippen MR) is 62.4 cm³/mol. The van der Waals surface area contributed by atoms with Crippen molar-refractivity contribution in [2.24, 2.45) is 0 Å². The van der Waals surface area contributed by atoms with Gasteiger partial charge in [-0.1, -0.05) is 25.1 Å². The van der Waals surface area contributed by atoms with Crippen LogP contribution in [0.3, 0.4) is 0 Å². The summed E-state index contributed by atoms with van der Waals surface area (Å²) in [7, 11) is 0. The van der Waals surface area contributed by atoms with E-state index in [1.807, 2.05) is 6.07 Å². The Morgan fingerprint density at radius 2 is 2.20 bits per heavy atom. The highest BCUT2D eigenvalue weighted by Gasteiger charge is 2.21. The van der Waals surface area contributed by atoms with Crippen molar-refractivity contribution in [3.8, 4) is 0 Å². The molecule has 0 bridgehead atoms. The predicted octanol–water partition coefficient (Wildman–Crippen LogP) is 2.59. The molecule has 0 radical (unpaired) electrons. The summed E-state index contributed by atoms with van der Waals surface area (Å²) in [5.41, 5.74) is 2.62. The van der Waals surface area contributed by atoms with Crippen LogP contribution in [0, 0.1) is 0 Å². The molecule has 0 aliphatic carbocycles. The third-order valence-electron chi connectivity index (χ3n) is 3.05. The summed E-state index contributed by atoms with van der Waals surface area (Å²) in [5, 5.41) is 0. The molecule has 1 atom stereocenters. The molecule has 2 heteroatoms. The number of ketones is 1. The topological polar surface area (TPSA) is 20.3 Å². The fourth-order valence-electron chi connectivity index (χ4n) is 2.25. The molecule has 0 saturated heterocycles. The molecule has 0 spiro atoms. The monoisotopic (exact) mass is 203 g/mol. The number of anilines is 1. The van der Waals surface area contributed by atoms with Crippen LogP contribution < -0.4 is 4.90 Å². The van der Waals surface area contributed by atoms with E-state index in [2.05, 4.69) is 30.0 Å². The van der Waals surface area contributed by atoms with Crippen molar-refractivity contribution in [2.75, 3.05) is 18.0 Å². The summed E-state index contributed by atoms with van der Waals surface area (Å²) < 4.78 is 0. The Morgan fingerprint density at radius 1 is 1.47 bits per heavy atom. The van der Waals surface area contributed by atoms with E-state index in [0.717, 1.165) is 13.0 Å². The smallest absolute Gasteiger partial charge is 0.149 e. The molecule has 1 aliphatic heterocycles. The number of para-hydroxylation sites is 1. The van der Waals surface area contributed by atoms with Gasteiger partial charge in [0.15, 0.2) is 0 Å². The van der Waals surface area contributed by atoms with E-state index >= 15 is 0 Å². The molecule has 1 heterocycles. The van der Waals surface area contributed by atoms with E-state index in [4.69, 9.17) is 0 Å². The van der Waals surface area contributed by atoms with Gasteiger partial charge in [0.05, 0.1) is 6.54 Å². The van der Waals surface area contributed by atoms with Crippen molar-refractivity contribution >= 4 is 11.5 Å². The van der Waals surface area contributed by atoms with Crippen LogP contribution in [-0.2, 0) is 4.79 Å². The molecular formula is C13H17NO. The van der Waals surface area contributed by atoms with E-state index in [1.54, 1.807) is 6.92 Å². The Hall–Kier alpha value is -1.31. The van der Waals surface area contributed by atoms with Gasteiger partial charge in [0.2, 0.25) is 0 Å². The first kappa shape index (κ1) is 10.2. The average molecular weight is 203 g/mol. The van der Waals surface area contributed by atoms with Crippen LogP contribution in [0.5, 0.6) is 0 Å². The van der Waals surface area contributed by atoms with E-state index in [0.29, 0.717) is 12.5 Å². The summed E-state index contributed by atoms with van der Waals surface area (Å²) in [5.74, 6) is 0.851. The standard InChI is InChI=1S/C13H17NO/c1-10-7-8-14(9-11(2)15)13-6-4-3-5-12(10)13/h3-6,10H,7-9H2,1-2H3. The maximum Gasteiger partial charge on any atom is 0.149 e. The largest absolute Gasteiger partial charge is 0.364 e. The van der Waals surface area contributed by atoms with Crippen molar-refractivity contribution < 1.29 is 4.79 Å². The molecule has 0 amide bonds. The van der Waals surface area contributed by atoms with Crippen molar-refractivity contribution in [1.29, 1.82) is 0 Å². The fourth-order valence-corrected chi connectivity index (χ4v) is 2.25. The lowest BCUT2D eigenvalue weighted by Gasteiger charge is -2.33. The summed E-state index contributed by atoms with van der Waals surface area (Å²) >= 11 is 0. The van der Waals surface area contributed by atoms with E-state index in [-0.39, 0.29) is 5.78 Å². The molecule has 15 heavy (non-hydrogen) atoms. The van der Waals surface area contributed by atoms with Crippen molar-refractivity contribution in [2.45, 2.75) is 26.2 Å². The van der Waals surface area contributed by atoms with Crippen LogP contribution in [0.1, 0.15) is 31.7 Å². The Morgan fingerprint density at radius 3 is 2.93 bits per heavy atom. The van der Waals surface area contributed by atoms with Crippen molar-refractivity contribution in [3.63, 3.8) is 0 Å². The first-order valence-corrected chi connectivity index (χ1v) is 5.52. The molecule has 1 aromatic rings. The van der Waals surface area contributed by atoms with Crippen LogP contribution >= 0.6 is 0 Å². The quantitative estimate of drug-likeness (QED) is 0.736. The van der Waals surface area contributed by atoms with Crippen molar-refractivity contribution in [1.82, 2.24) is 0 Å². The number of rotatable bonds is 2. The summed E-state index contributed by atoms with van der Waals surface area (Å²) in [6, 6.07) is 8.41. The lowest BCUT2D eigenvalue weighted by atomic mass is 9.91. The lowest BCUT2D eigenvalue weighted by molar-refractivity contribution is -0.115. The maximum absolute atomic E-state index is 11.2. The fraction of sp³-hybridized carbons (Fsp3) is 0.462. The third-order valence-corrected chi connectivity index (χ3v) is 3.05. The molecular weight excluding hydrogens is 186 g/mol. The van der Waals surface area contributed by atoms with E-state index in [9.17, 15) is 4.79 Å². The average Bonchev–Trinajstić information content (AvgIpc) is 2.22. The number of Topliss-reactive ketones (excluding diaryl/α,β-unsaturated/α-hetero) is 1. The number of hydrogen-bond acceptors (Lipinski definition) is 2. The Bertz CT molecular complexity index is 373. The Labute approximate surface area is 90.9 Å². The molecule has 80 valence electrons. The minimum atomic E-state index is 0.236. The highest BCUT2D eigenvalue weighted by Crippen LogP contribution is 2.34. The van der Waals surface area contributed by atoms with Crippen LogP contribution in [-0.4, -0.2) is 18.9 Å². The summed E-state index contributed by atoms with van der Waals surface area (Å²) in [6.07, 6.45) is 1.14.